The van der Waals surface area contributed by atoms with E-state index < -0.39 is 29.0 Å². The molecular formula is C8H3F2NO2. The lowest BCUT2D eigenvalue weighted by Crippen LogP contribution is -2.20. The monoisotopic (exact) mass is 183 g/mol. The van der Waals surface area contributed by atoms with E-state index in [2.05, 4.69) is 0 Å². The van der Waals surface area contributed by atoms with Gasteiger partial charge in [0.25, 0.3) is 11.8 Å². The van der Waals surface area contributed by atoms with Crippen molar-refractivity contribution in [3.8, 4) is 0 Å². The van der Waals surface area contributed by atoms with Crippen molar-refractivity contribution in [1.82, 2.24) is 5.32 Å². The summed E-state index contributed by atoms with van der Waals surface area (Å²) in [5, 5.41) is 1.87. The molecule has 0 saturated heterocycles. The third-order valence-corrected chi connectivity index (χ3v) is 1.79. The maximum Gasteiger partial charge on any atom is 0.262 e. The van der Waals surface area contributed by atoms with Crippen molar-refractivity contribution in [3.63, 3.8) is 0 Å². The first kappa shape index (κ1) is 7.85. The number of carbonyl (C=O) groups excluding carboxylic acids is 2. The van der Waals surface area contributed by atoms with E-state index in [0.29, 0.717) is 0 Å². The molecule has 0 aliphatic carbocycles. The molecule has 2 amide bonds. The summed E-state index contributed by atoms with van der Waals surface area (Å²) in [6.07, 6.45) is 0. The third kappa shape index (κ3) is 0.932. The quantitative estimate of drug-likeness (QED) is 0.606. The molecule has 1 aliphatic heterocycles. The van der Waals surface area contributed by atoms with Gasteiger partial charge in [-0.2, -0.15) is 0 Å². The summed E-state index contributed by atoms with van der Waals surface area (Å²) in [6, 6.07) is 1.89. The van der Waals surface area contributed by atoms with Gasteiger partial charge in [-0.15, -0.1) is 0 Å². The van der Waals surface area contributed by atoms with Gasteiger partial charge in [-0.1, -0.05) is 0 Å². The molecular weight excluding hydrogens is 180 g/mol. The Hall–Kier alpha value is -1.78. The van der Waals surface area contributed by atoms with Gasteiger partial charge >= 0.3 is 0 Å². The molecule has 1 aromatic carbocycles. The Bertz CT molecular complexity index is 428. The van der Waals surface area contributed by atoms with E-state index in [1.807, 2.05) is 5.32 Å². The Balaban J connectivity index is 2.78. The molecule has 5 heteroatoms. The smallest absolute Gasteiger partial charge is 0.262 e. The molecule has 0 atom stereocenters. The Morgan fingerprint density at radius 2 is 1.77 bits per heavy atom. The second-order valence-corrected chi connectivity index (χ2v) is 2.57. The van der Waals surface area contributed by atoms with Crippen LogP contribution in [-0.4, -0.2) is 11.8 Å². The second-order valence-electron chi connectivity index (χ2n) is 2.57. The number of halogens is 2. The molecule has 0 fully saturated rings. The van der Waals surface area contributed by atoms with Crippen LogP contribution in [0.5, 0.6) is 0 Å². The van der Waals surface area contributed by atoms with Gasteiger partial charge < -0.3 is 0 Å². The molecule has 1 N–H and O–H groups in total. The lowest BCUT2D eigenvalue weighted by molar-refractivity contribution is 0.0878. The minimum absolute atomic E-state index is 0.121. The molecule has 1 heterocycles. The number of carbonyl (C=O) groups is 2. The lowest BCUT2D eigenvalue weighted by atomic mass is 10.1. The van der Waals surface area contributed by atoms with Gasteiger partial charge in [0.15, 0.2) is 11.6 Å². The highest BCUT2D eigenvalue weighted by atomic mass is 19.2. The van der Waals surface area contributed by atoms with Crippen molar-refractivity contribution >= 4 is 11.8 Å². The number of imide groups is 1. The molecule has 13 heavy (non-hydrogen) atoms. The number of rotatable bonds is 0. The van der Waals surface area contributed by atoms with Gasteiger partial charge in [0.05, 0.1) is 11.1 Å². The van der Waals surface area contributed by atoms with Crippen LogP contribution in [-0.2, 0) is 0 Å². The maximum absolute atomic E-state index is 12.9. The van der Waals surface area contributed by atoms with Crippen molar-refractivity contribution < 1.29 is 18.4 Å². The maximum atomic E-state index is 12.9. The zero-order valence-corrected chi connectivity index (χ0v) is 6.23. The van der Waals surface area contributed by atoms with Crippen LogP contribution in [0.1, 0.15) is 20.7 Å². The normalized spacial score (nSPS) is 14.3. The molecule has 0 aromatic heterocycles. The van der Waals surface area contributed by atoms with Gasteiger partial charge in [-0.3, -0.25) is 14.9 Å². The molecule has 0 radical (unpaired) electrons. The summed E-state index contributed by atoms with van der Waals surface area (Å²) in [7, 11) is 0. The van der Waals surface area contributed by atoms with E-state index in [1.54, 1.807) is 0 Å². The van der Waals surface area contributed by atoms with Crippen molar-refractivity contribution in [2.24, 2.45) is 0 Å². The van der Waals surface area contributed by atoms with Crippen LogP contribution in [0.4, 0.5) is 8.78 Å². The van der Waals surface area contributed by atoms with Gasteiger partial charge in [-0.25, -0.2) is 8.78 Å². The first-order valence-electron chi connectivity index (χ1n) is 3.45. The average Bonchev–Trinajstić information content (AvgIpc) is 2.35. The molecule has 3 nitrogen and oxygen atoms in total. The lowest BCUT2D eigenvalue weighted by Gasteiger charge is -1.96. The fourth-order valence-electron chi connectivity index (χ4n) is 1.19. The molecule has 1 aliphatic rings. The topological polar surface area (TPSA) is 46.2 Å². The summed E-state index contributed by atoms with van der Waals surface area (Å²) in [4.78, 5) is 21.8. The van der Waals surface area contributed by atoms with Crippen molar-refractivity contribution in [3.05, 3.63) is 34.9 Å². The first-order valence-corrected chi connectivity index (χ1v) is 3.45. The minimum Gasteiger partial charge on any atom is -0.288 e. The van der Waals surface area contributed by atoms with Gasteiger partial charge in [-0.05, 0) is 12.1 Å². The van der Waals surface area contributed by atoms with Crippen LogP contribution in [0.15, 0.2) is 12.1 Å². The number of hydrogen-bond donors (Lipinski definition) is 1. The summed E-state index contributed by atoms with van der Waals surface area (Å²) in [5.41, 5.74) is -0.631. The Morgan fingerprint density at radius 1 is 1.08 bits per heavy atom. The Labute approximate surface area is 71.4 Å². The molecule has 1 aromatic rings. The van der Waals surface area contributed by atoms with Gasteiger partial charge in [0.1, 0.15) is 0 Å². The standard InChI is InChI=1S/C8H3F2NO2/c9-4-2-1-3-5(6(4)10)8(13)11-7(3)12/h1-2H,(H,11,12,13). The van der Waals surface area contributed by atoms with E-state index in [0.717, 1.165) is 12.1 Å². The van der Waals surface area contributed by atoms with E-state index in [9.17, 15) is 18.4 Å². The molecule has 66 valence electrons. The second kappa shape index (κ2) is 2.35. The van der Waals surface area contributed by atoms with Crippen molar-refractivity contribution in [2.75, 3.05) is 0 Å². The number of benzene rings is 1. The number of amides is 2. The predicted octanol–water partition coefficient (Wildman–Crippen LogP) is 0.848. The van der Waals surface area contributed by atoms with Crippen LogP contribution in [0.3, 0.4) is 0 Å². The molecule has 0 spiro atoms. The molecule has 0 unspecified atom stereocenters. The van der Waals surface area contributed by atoms with Crippen LogP contribution in [0, 0.1) is 11.6 Å². The molecule has 0 bridgehead atoms. The number of fused-ring (bicyclic) bond motifs is 1. The summed E-state index contributed by atoms with van der Waals surface area (Å²) >= 11 is 0. The molecule has 0 saturated carbocycles. The highest BCUT2D eigenvalue weighted by Gasteiger charge is 2.31. The van der Waals surface area contributed by atoms with E-state index in [-0.39, 0.29) is 5.56 Å². The molecule has 2 rings (SSSR count). The fraction of sp³-hybridized carbons (Fsp3) is 0. The zero-order chi connectivity index (χ0) is 9.59. The fourth-order valence-corrected chi connectivity index (χ4v) is 1.19. The van der Waals surface area contributed by atoms with E-state index >= 15 is 0 Å². The highest BCUT2D eigenvalue weighted by molar-refractivity contribution is 6.21. The van der Waals surface area contributed by atoms with Gasteiger partial charge in [0, 0.05) is 0 Å². The summed E-state index contributed by atoms with van der Waals surface area (Å²) < 4.78 is 25.5. The Kier molecular flexibility index (Phi) is 1.42. The summed E-state index contributed by atoms with van der Waals surface area (Å²) in [5.74, 6) is -4.00. The minimum atomic E-state index is -1.28. The SMILES string of the molecule is O=C1NC(=O)c2c1ccc(F)c2F. The van der Waals surface area contributed by atoms with Gasteiger partial charge in [0.2, 0.25) is 0 Å². The number of nitrogens with one attached hydrogen (secondary N) is 1. The largest absolute Gasteiger partial charge is 0.288 e. The summed E-state index contributed by atoms with van der Waals surface area (Å²) in [6.45, 7) is 0. The van der Waals surface area contributed by atoms with Crippen molar-refractivity contribution in [1.29, 1.82) is 0 Å². The average molecular weight is 183 g/mol. The predicted molar refractivity (Wildman–Crippen MR) is 38.2 cm³/mol. The zero-order valence-electron chi connectivity index (χ0n) is 6.23. The van der Waals surface area contributed by atoms with Crippen molar-refractivity contribution in [2.45, 2.75) is 0 Å². The Morgan fingerprint density at radius 3 is 2.46 bits per heavy atom. The van der Waals surface area contributed by atoms with Crippen LogP contribution in [0.25, 0.3) is 0 Å². The number of hydrogen-bond acceptors (Lipinski definition) is 2. The van der Waals surface area contributed by atoms with Crippen LogP contribution >= 0.6 is 0 Å². The van der Waals surface area contributed by atoms with E-state index in [1.165, 1.54) is 0 Å². The van der Waals surface area contributed by atoms with E-state index in [4.69, 9.17) is 0 Å². The third-order valence-electron chi connectivity index (χ3n) is 1.79. The van der Waals surface area contributed by atoms with Crippen LogP contribution in [0.2, 0.25) is 0 Å². The highest BCUT2D eigenvalue weighted by Crippen LogP contribution is 2.20. The van der Waals surface area contributed by atoms with Crippen LogP contribution < -0.4 is 5.32 Å². The first-order chi connectivity index (χ1) is 6.11.